The van der Waals surface area contributed by atoms with Gasteiger partial charge in [0.2, 0.25) is 17.7 Å². The molecule has 0 aromatic rings. The summed E-state index contributed by atoms with van der Waals surface area (Å²) >= 11 is 0. The van der Waals surface area contributed by atoms with Crippen LogP contribution in [0.2, 0.25) is 0 Å². The molecule has 0 heterocycles. The second kappa shape index (κ2) is 11.9. The Kier molecular flexibility index (Phi) is 10.8. The topological polar surface area (TPSA) is 188 Å². The van der Waals surface area contributed by atoms with E-state index in [0.29, 0.717) is 6.42 Å². The number of amides is 3. The van der Waals surface area contributed by atoms with Crippen LogP contribution < -0.4 is 21.7 Å². The van der Waals surface area contributed by atoms with Gasteiger partial charge in [0.1, 0.15) is 18.1 Å². The highest BCUT2D eigenvalue weighted by Gasteiger charge is 2.29. The molecule has 0 spiro atoms. The average Bonchev–Trinajstić information content (AvgIpc) is 2.60. The van der Waals surface area contributed by atoms with Gasteiger partial charge >= 0.3 is 11.9 Å². The molecule has 160 valence electrons. The number of nitrogens with two attached hydrogens (primary N) is 1. The Morgan fingerprint density at radius 3 is 1.89 bits per heavy atom. The minimum atomic E-state index is -1.20. The normalized spacial score (nSPS) is 16.0. The van der Waals surface area contributed by atoms with Crippen molar-refractivity contribution >= 4 is 29.7 Å². The van der Waals surface area contributed by atoms with Crippen LogP contribution in [-0.2, 0) is 24.0 Å². The molecule has 28 heavy (non-hydrogen) atoms. The van der Waals surface area contributed by atoms with Gasteiger partial charge in [-0.2, -0.15) is 0 Å². The van der Waals surface area contributed by atoms with E-state index in [1.807, 2.05) is 0 Å². The van der Waals surface area contributed by atoms with E-state index < -0.39 is 53.8 Å². The molecule has 0 fully saturated rings. The Balaban J connectivity index is 5.05. The summed E-state index contributed by atoms with van der Waals surface area (Å²) < 4.78 is 0. The molecule has 0 bridgehead atoms. The number of nitrogens with one attached hydrogen (secondary N) is 3. The SMILES string of the molecule is CCC(C)C(NC(=O)C(C)NC(=O)C(CCC(=O)O)NC(=O)C(C)N)C(=O)O. The fourth-order valence-electron chi connectivity index (χ4n) is 2.18. The monoisotopic (exact) mass is 402 g/mol. The number of carboxylic acids is 2. The van der Waals surface area contributed by atoms with Crippen LogP contribution in [0.1, 0.15) is 47.0 Å². The third kappa shape index (κ3) is 8.80. The summed E-state index contributed by atoms with van der Waals surface area (Å²) in [6, 6.07) is -4.32. The standard InChI is InChI=1S/C17H30N4O7/c1-5-8(2)13(17(27)28)21-15(25)10(4)19-16(26)11(6-7-12(22)23)20-14(24)9(3)18/h8-11,13H,5-7,18H2,1-4H3,(H,19,26)(H,20,24)(H,21,25)(H,22,23)(H,27,28). The molecule has 0 aliphatic heterocycles. The number of carboxylic acid groups (broad SMARTS) is 2. The molecule has 0 aliphatic rings. The van der Waals surface area contributed by atoms with Gasteiger partial charge in [-0.25, -0.2) is 4.79 Å². The fraction of sp³-hybridized carbons (Fsp3) is 0.706. The van der Waals surface area contributed by atoms with E-state index in [9.17, 15) is 29.1 Å². The molecule has 11 nitrogen and oxygen atoms in total. The van der Waals surface area contributed by atoms with E-state index in [1.165, 1.54) is 13.8 Å². The van der Waals surface area contributed by atoms with Crippen molar-refractivity contribution in [2.75, 3.05) is 0 Å². The molecular weight excluding hydrogens is 372 g/mol. The maximum Gasteiger partial charge on any atom is 0.326 e. The van der Waals surface area contributed by atoms with Gasteiger partial charge in [-0.05, 0) is 26.2 Å². The van der Waals surface area contributed by atoms with Crippen molar-refractivity contribution in [2.45, 2.75) is 71.1 Å². The van der Waals surface area contributed by atoms with Gasteiger partial charge in [-0.3, -0.25) is 19.2 Å². The first-order valence-corrected chi connectivity index (χ1v) is 9.01. The Morgan fingerprint density at radius 1 is 0.893 bits per heavy atom. The lowest BCUT2D eigenvalue weighted by molar-refractivity contribution is -0.143. The van der Waals surface area contributed by atoms with E-state index in [-0.39, 0.29) is 18.8 Å². The summed E-state index contributed by atoms with van der Waals surface area (Å²) in [5.41, 5.74) is 5.43. The Labute approximate surface area is 163 Å². The van der Waals surface area contributed by atoms with Crippen molar-refractivity contribution in [1.29, 1.82) is 0 Å². The van der Waals surface area contributed by atoms with Crippen LogP contribution in [0.4, 0.5) is 0 Å². The third-order valence-corrected chi connectivity index (χ3v) is 4.22. The van der Waals surface area contributed by atoms with E-state index in [0.717, 1.165) is 0 Å². The molecule has 5 atom stereocenters. The molecule has 0 saturated heterocycles. The fourth-order valence-corrected chi connectivity index (χ4v) is 2.18. The second-order valence-electron chi connectivity index (χ2n) is 6.72. The summed E-state index contributed by atoms with van der Waals surface area (Å²) in [5, 5.41) is 25.1. The van der Waals surface area contributed by atoms with Gasteiger partial charge in [0, 0.05) is 6.42 Å². The highest BCUT2D eigenvalue weighted by atomic mass is 16.4. The summed E-state index contributed by atoms with van der Waals surface area (Å²) in [5.74, 6) is -4.80. The predicted octanol–water partition coefficient (Wildman–Crippen LogP) is -1.20. The summed E-state index contributed by atoms with van der Waals surface area (Å²) in [6.07, 6.45) is -0.0514. The smallest absolute Gasteiger partial charge is 0.326 e. The number of carbonyl (C=O) groups is 5. The molecule has 0 saturated carbocycles. The van der Waals surface area contributed by atoms with Crippen molar-refractivity contribution < 1.29 is 34.2 Å². The number of carbonyl (C=O) groups excluding carboxylic acids is 3. The Bertz CT molecular complexity index is 594. The van der Waals surface area contributed by atoms with Crippen LogP contribution in [-0.4, -0.2) is 64.0 Å². The lowest BCUT2D eigenvalue weighted by Crippen LogP contribution is -2.56. The molecule has 0 rings (SSSR count). The molecule has 0 aromatic carbocycles. The van der Waals surface area contributed by atoms with Gasteiger partial charge in [-0.1, -0.05) is 20.3 Å². The van der Waals surface area contributed by atoms with Crippen LogP contribution in [0.15, 0.2) is 0 Å². The van der Waals surface area contributed by atoms with Crippen LogP contribution in [0.5, 0.6) is 0 Å². The molecule has 0 aromatic heterocycles. The molecule has 7 N–H and O–H groups in total. The predicted molar refractivity (Wildman–Crippen MR) is 99.1 cm³/mol. The second-order valence-corrected chi connectivity index (χ2v) is 6.72. The molecule has 0 radical (unpaired) electrons. The number of hydrogen-bond donors (Lipinski definition) is 6. The van der Waals surface area contributed by atoms with Crippen molar-refractivity contribution in [3.05, 3.63) is 0 Å². The zero-order valence-electron chi connectivity index (χ0n) is 16.5. The first-order chi connectivity index (χ1) is 12.9. The zero-order chi connectivity index (χ0) is 22.0. The van der Waals surface area contributed by atoms with Crippen LogP contribution >= 0.6 is 0 Å². The number of rotatable bonds is 12. The maximum atomic E-state index is 12.4. The van der Waals surface area contributed by atoms with Gasteiger partial charge in [0.05, 0.1) is 6.04 Å². The van der Waals surface area contributed by atoms with Crippen molar-refractivity contribution in [3.63, 3.8) is 0 Å². The summed E-state index contributed by atoms with van der Waals surface area (Å²) in [6.45, 7) is 6.21. The van der Waals surface area contributed by atoms with E-state index in [4.69, 9.17) is 10.8 Å². The minimum Gasteiger partial charge on any atom is -0.481 e. The highest BCUT2D eigenvalue weighted by Crippen LogP contribution is 2.08. The Hall–Kier alpha value is -2.69. The van der Waals surface area contributed by atoms with Crippen LogP contribution in [0.3, 0.4) is 0 Å². The van der Waals surface area contributed by atoms with Crippen LogP contribution in [0, 0.1) is 5.92 Å². The lowest BCUT2D eigenvalue weighted by atomic mass is 9.99. The van der Waals surface area contributed by atoms with Gasteiger partial charge in [0.15, 0.2) is 0 Å². The number of aliphatic carboxylic acids is 2. The van der Waals surface area contributed by atoms with Crippen LogP contribution in [0.25, 0.3) is 0 Å². The molecule has 3 amide bonds. The molecule has 11 heteroatoms. The van der Waals surface area contributed by atoms with E-state index >= 15 is 0 Å². The Morgan fingerprint density at radius 2 is 1.46 bits per heavy atom. The number of hydrogen-bond acceptors (Lipinski definition) is 6. The molecule has 0 aliphatic carbocycles. The lowest BCUT2D eigenvalue weighted by Gasteiger charge is -2.24. The highest BCUT2D eigenvalue weighted by molar-refractivity contribution is 5.94. The summed E-state index contributed by atoms with van der Waals surface area (Å²) in [7, 11) is 0. The van der Waals surface area contributed by atoms with Gasteiger partial charge < -0.3 is 31.9 Å². The van der Waals surface area contributed by atoms with E-state index in [2.05, 4.69) is 16.0 Å². The van der Waals surface area contributed by atoms with Crippen molar-refractivity contribution in [2.24, 2.45) is 11.7 Å². The first-order valence-electron chi connectivity index (χ1n) is 9.01. The minimum absolute atomic E-state index is 0.196. The van der Waals surface area contributed by atoms with Crippen molar-refractivity contribution in [1.82, 2.24) is 16.0 Å². The van der Waals surface area contributed by atoms with Gasteiger partial charge in [0.25, 0.3) is 0 Å². The largest absolute Gasteiger partial charge is 0.481 e. The summed E-state index contributed by atoms with van der Waals surface area (Å²) in [4.78, 5) is 58.4. The zero-order valence-corrected chi connectivity index (χ0v) is 16.5. The maximum absolute atomic E-state index is 12.4. The molecular formula is C17H30N4O7. The third-order valence-electron chi connectivity index (χ3n) is 4.22. The first kappa shape index (κ1) is 25.3. The quantitative estimate of drug-likeness (QED) is 0.235. The van der Waals surface area contributed by atoms with E-state index in [1.54, 1.807) is 13.8 Å². The molecule has 5 unspecified atom stereocenters. The van der Waals surface area contributed by atoms with Crippen molar-refractivity contribution in [3.8, 4) is 0 Å². The average molecular weight is 402 g/mol. The van der Waals surface area contributed by atoms with Gasteiger partial charge in [-0.15, -0.1) is 0 Å².